The number of benzene rings is 1. The second kappa shape index (κ2) is 10.0. The third-order valence-corrected chi connectivity index (χ3v) is 5.68. The predicted octanol–water partition coefficient (Wildman–Crippen LogP) is 4.38. The van der Waals surface area contributed by atoms with Gasteiger partial charge in [-0.05, 0) is 29.7 Å². The molecule has 1 N–H and O–H groups in total. The molecule has 0 bridgehead atoms. The zero-order valence-corrected chi connectivity index (χ0v) is 17.6. The van der Waals surface area contributed by atoms with Gasteiger partial charge in [0.15, 0.2) is 4.34 Å². The summed E-state index contributed by atoms with van der Waals surface area (Å²) in [4.78, 5) is 16.5. The van der Waals surface area contributed by atoms with E-state index in [1.54, 1.807) is 24.3 Å². The molecule has 0 aliphatic heterocycles. The average Bonchev–Trinajstić information content (AvgIpc) is 3.18. The van der Waals surface area contributed by atoms with E-state index in [-0.39, 0.29) is 5.91 Å². The third-order valence-electron chi connectivity index (χ3n) is 3.64. The highest BCUT2D eigenvalue weighted by Gasteiger charge is 2.12. The first kappa shape index (κ1) is 20.8. The lowest BCUT2D eigenvalue weighted by molar-refractivity contribution is 0.102. The van der Waals surface area contributed by atoms with Crippen molar-refractivity contribution in [2.75, 3.05) is 11.9 Å². The third kappa shape index (κ3) is 6.27. The van der Waals surface area contributed by atoms with Crippen LogP contribution in [0.5, 0.6) is 5.88 Å². The summed E-state index contributed by atoms with van der Waals surface area (Å²) in [5.74, 6) is 1.30. The number of pyridine rings is 1. The molecular weight excluding hydrogens is 406 g/mol. The summed E-state index contributed by atoms with van der Waals surface area (Å²) in [5.41, 5.74) is 2.14. The molecule has 1 aromatic carbocycles. The Morgan fingerprint density at radius 2 is 2.03 bits per heavy atom. The molecule has 0 fully saturated rings. The first-order valence-electron chi connectivity index (χ1n) is 8.89. The maximum absolute atomic E-state index is 12.4. The maximum atomic E-state index is 12.4. The molecule has 3 aromatic rings. The van der Waals surface area contributed by atoms with E-state index in [0.29, 0.717) is 40.4 Å². The molecule has 2 heterocycles. The van der Waals surface area contributed by atoms with Crippen molar-refractivity contribution in [3.63, 3.8) is 0 Å². The summed E-state index contributed by atoms with van der Waals surface area (Å²) >= 11 is 2.83. The number of nitrogens with one attached hydrogen (secondary N) is 1. The summed E-state index contributed by atoms with van der Waals surface area (Å²) in [6.07, 6.45) is 1.48. The van der Waals surface area contributed by atoms with E-state index < -0.39 is 0 Å². The molecule has 0 saturated carbocycles. The van der Waals surface area contributed by atoms with E-state index in [4.69, 9.17) is 10.00 Å². The summed E-state index contributed by atoms with van der Waals surface area (Å²) in [5, 5.41) is 20.1. The summed E-state index contributed by atoms with van der Waals surface area (Å²) in [6.45, 7) is 4.69. The number of hydrogen-bond acceptors (Lipinski definition) is 8. The van der Waals surface area contributed by atoms with Crippen molar-refractivity contribution >= 4 is 34.1 Å². The van der Waals surface area contributed by atoms with Crippen LogP contribution in [0.2, 0.25) is 0 Å². The number of aromatic nitrogens is 3. The highest BCUT2D eigenvalue weighted by atomic mass is 32.2. The molecule has 0 spiro atoms. The fourth-order valence-electron chi connectivity index (χ4n) is 2.16. The van der Waals surface area contributed by atoms with E-state index in [1.165, 1.54) is 29.3 Å². The molecule has 7 nitrogen and oxygen atoms in total. The number of thioether (sulfide) groups is 1. The van der Waals surface area contributed by atoms with E-state index in [2.05, 4.69) is 40.4 Å². The largest absolute Gasteiger partial charge is 0.477 e. The Morgan fingerprint density at radius 3 is 2.69 bits per heavy atom. The van der Waals surface area contributed by atoms with Crippen LogP contribution >= 0.6 is 23.1 Å². The SMILES string of the molecule is CC(C)COc1ccc(C(=O)Nc2nnc(SCc3ccc(C#N)cc3)s2)cn1. The lowest BCUT2D eigenvalue weighted by Gasteiger charge is -2.07. The molecule has 29 heavy (non-hydrogen) atoms. The van der Waals surface area contributed by atoms with Gasteiger partial charge in [0, 0.05) is 18.0 Å². The minimum Gasteiger partial charge on any atom is -0.477 e. The van der Waals surface area contributed by atoms with Crippen molar-refractivity contribution in [3.8, 4) is 11.9 Å². The lowest BCUT2D eigenvalue weighted by atomic mass is 10.2. The number of anilines is 1. The molecule has 2 aromatic heterocycles. The van der Waals surface area contributed by atoms with Crippen LogP contribution in [0.25, 0.3) is 0 Å². The Labute approximate surface area is 177 Å². The average molecular weight is 426 g/mol. The van der Waals surface area contributed by atoms with Crippen molar-refractivity contribution in [1.82, 2.24) is 15.2 Å². The molecule has 0 aliphatic rings. The van der Waals surface area contributed by atoms with Crippen LogP contribution in [0.1, 0.15) is 35.3 Å². The topological polar surface area (TPSA) is 101 Å². The number of ether oxygens (including phenoxy) is 1. The number of hydrogen-bond donors (Lipinski definition) is 1. The fraction of sp³-hybridized carbons (Fsp3) is 0.250. The normalized spacial score (nSPS) is 10.6. The quantitative estimate of drug-likeness (QED) is 0.422. The standard InChI is InChI=1S/C20H19N5O2S2/c1-13(2)11-27-17-8-7-16(10-22-17)18(26)23-19-24-25-20(29-19)28-12-15-5-3-14(9-21)4-6-15/h3-8,10,13H,11-12H2,1-2H3,(H,23,24,26). The van der Waals surface area contributed by atoms with Crippen molar-refractivity contribution in [2.24, 2.45) is 5.92 Å². The van der Waals surface area contributed by atoms with Gasteiger partial charge in [0.1, 0.15) is 0 Å². The van der Waals surface area contributed by atoms with Crippen LogP contribution in [-0.4, -0.2) is 27.7 Å². The number of nitrogens with zero attached hydrogens (tertiary/aromatic N) is 4. The van der Waals surface area contributed by atoms with Gasteiger partial charge >= 0.3 is 0 Å². The zero-order valence-electron chi connectivity index (χ0n) is 16.0. The second-order valence-electron chi connectivity index (χ2n) is 6.51. The van der Waals surface area contributed by atoms with Gasteiger partial charge in [-0.1, -0.05) is 49.1 Å². The molecule has 1 amide bonds. The molecule has 3 rings (SSSR count). The van der Waals surface area contributed by atoms with Crippen LogP contribution in [0, 0.1) is 17.2 Å². The van der Waals surface area contributed by atoms with Crippen LogP contribution in [0.4, 0.5) is 5.13 Å². The Balaban J connectivity index is 1.52. The first-order chi connectivity index (χ1) is 14.0. The smallest absolute Gasteiger partial charge is 0.259 e. The maximum Gasteiger partial charge on any atom is 0.259 e. The monoisotopic (exact) mass is 425 g/mol. The molecule has 148 valence electrons. The Morgan fingerprint density at radius 1 is 1.24 bits per heavy atom. The molecule has 9 heteroatoms. The minimum atomic E-state index is -0.298. The predicted molar refractivity (Wildman–Crippen MR) is 113 cm³/mol. The summed E-state index contributed by atoms with van der Waals surface area (Å²) < 4.78 is 6.27. The van der Waals surface area contributed by atoms with E-state index in [0.717, 1.165) is 9.90 Å². The van der Waals surface area contributed by atoms with Gasteiger partial charge in [-0.2, -0.15) is 5.26 Å². The Hall–Kier alpha value is -2.96. The molecule has 0 atom stereocenters. The van der Waals surface area contributed by atoms with E-state index in [1.807, 2.05) is 12.1 Å². The number of amides is 1. The number of carbonyl (C=O) groups is 1. The second-order valence-corrected chi connectivity index (χ2v) is 8.71. The highest BCUT2D eigenvalue weighted by molar-refractivity contribution is 8.00. The number of carbonyl (C=O) groups excluding carboxylic acids is 1. The van der Waals surface area contributed by atoms with Crippen LogP contribution in [-0.2, 0) is 5.75 Å². The Bertz CT molecular complexity index is 995. The van der Waals surface area contributed by atoms with Gasteiger partial charge in [-0.25, -0.2) is 4.98 Å². The van der Waals surface area contributed by atoms with Gasteiger partial charge in [0.25, 0.3) is 5.91 Å². The molecular formula is C20H19N5O2S2. The van der Waals surface area contributed by atoms with E-state index in [9.17, 15) is 4.79 Å². The lowest BCUT2D eigenvalue weighted by Crippen LogP contribution is -2.12. The molecule has 0 radical (unpaired) electrons. The highest BCUT2D eigenvalue weighted by Crippen LogP contribution is 2.28. The molecule has 0 saturated heterocycles. The first-order valence-corrected chi connectivity index (χ1v) is 10.7. The van der Waals surface area contributed by atoms with Crippen molar-refractivity contribution < 1.29 is 9.53 Å². The van der Waals surface area contributed by atoms with Gasteiger partial charge in [-0.15, -0.1) is 10.2 Å². The van der Waals surface area contributed by atoms with Gasteiger partial charge in [0.2, 0.25) is 11.0 Å². The van der Waals surface area contributed by atoms with Gasteiger partial charge in [0.05, 0.1) is 23.8 Å². The summed E-state index contributed by atoms with van der Waals surface area (Å²) in [7, 11) is 0. The summed E-state index contributed by atoms with van der Waals surface area (Å²) in [6, 6.07) is 12.8. The van der Waals surface area contributed by atoms with Crippen LogP contribution < -0.4 is 10.1 Å². The zero-order chi connectivity index (χ0) is 20.6. The molecule has 0 unspecified atom stereocenters. The van der Waals surface area contributed by atoms with Crippen LogP contribution in [0.3, 0.4) is 0 Å². The number of nitriles is 1. The van der Waals surface area contributed by atoms with Crippen molar-refractivity contribution in [3.05, 3.63) is 59.3 Å². The van der Waals surface area contributed by atoms with Gasteiger partial charge < -0.3 is 4.74 Å². The van der Waals surface area contributed by atoms with Crippen LogP contribution in [0.15, 0.2) is 46.9 Å². The fourth-order valence-corrected chi connectivity index (χ4v) is 3.86. The molecule has 0 aliphatic carbocycles. The van der Waals surface area contributed by atoms with Crippen molar-refractivity contribution in [2.45, 2.75) is 23.9 Å². The Kier molecular flexibility index (Phi) is 7.16. The number of rotatable bonds is 8. The minimum absolute atomic E-state index is 0.298. The van der Waals surface area contributed by atoms with Gasteiger partial charge in [-0.3, -0.25) is 10.1 Å². The van der Waals surface area contributed by atoms with Crippen molar-refractivity contribution in [1.29, 1.82) is 5.26 Å². The van der Waals surface area contributed by atoms with E-state index >= 15 is 0 Å².